The Hall–Kier alpha value is -3.72. The fourth-order valence-electron chi connectivity index (χ4n) is 3.91. The van der Waals surface area contributed by atoms with Gasteiger partial charge in [-0.3, -0.25) is 15.0 Å². The third-order valence-corrected chi connectivity index (χ3v) is 5.98. The fourth-order valence-corrected chi connectivity index (χ4v) is 3.91. The van der Waals surface area contributed by atoms with Crippen LogP contribution in [0.3, 0.4) is 0 Å². The molecular weight excluding hydrogens is 422 g/mol. The first-order chi connectivity index (χ1) is 15.7. The first-order valence-corrected chi connectivity index (χ1v) is 10.8. The molecule has 2 aromatic heterocycles. The third kappa shape index (κ3) is 5.04. The minimum atomic E-state index is -0.625. The van der Waals surface area contributed by atoms with Crippen LogP contribution in [0.2, 0.25) is 0 Å². The molecule has 0 atom stereocenters. The number of nitrogen functional groups attached to an aromatic ring is 1. The molecule has 9 heteroatoms. The number of hydrogen-bond acceptors (Lipinski definition) is 7. The SMILES string of the molecule is Cc1cccc(C(=O)Nc2cc(C=NC3CCC(C)(O)CC3)c(N)cc2-c2ncco2)[n+]1O. The van der Waals surface area contributed by atoms with Gasteiger partial charge in [-0.05, 0) is 50.8 Å². The highest BCUT2D eigenvalue weighted by atomic mass is 16.5. The largest absolute Gasteiger partial charge is 0.444 e. The van der Waals surface area contributed by atoms with Gasteiger partial charge in [0.05, 0.1) is 29.1 Å². The van der Waals surface area contributed by atoms with Crippen molar-refractivity contribution in [3.63, 3.8) is 0 Å². The Kier molecular flexibility index (Phi) is 6.15. The molecule has 0 unspecified atom stereocenters. The zero-order chi connectivity index (χ0) is 23.6. The van der Waals surface area contributed by atoms with Crippen LogP contribution in [0, 0.1) is 6.92 Å². The van der Waals surface area contributed by atoms with Gasteiger partial charge >= 0.3 is 11.6 Å². The van der Waals surface area contributed by atoms with Gasteiger partial charge in [0.15, 0.2) is 0 Å². The molecule has 172 valence electrons. The lowest BCUT2D eigenvalue weighted by Crippen LogP contribution is -2.42. The van der Waals surface area contributed by atoms with Gasteiger partial charge in [-0.25, -0.2) is 4.98 Å². The number of nitrogens with zero attached hydrogens (tertiary/aromatic N) is 3. The number of aliphatic imine (C=N–C) groups is 1. The lowest BCUT2D eigenvalue weighted by molar-refractivity contribution is -0.909. The second-order valence-corrected chi connectivity index (χ2v) is 8.69. The van der Waals surface area contributed by atoms with Gasteiger partial charge in [0.25, 0.3) is 0 Å². The van der Waals surface area contributed by atoms with Crippen molar-refractivity contribution in [3.05, 3.63) is 59.7 Å². The van der Waals surface area contributed by atoms with Crippen molar-refractivity contribution < 1.29 is 24.3 Å². The minimum absolute atomic E-state index is 0.0784. The van der Waals surface area contributed by atoms with Crippen LogP contribution >= 0.6 is 0 Å². The maximum Gasteiger partial charge on any atom is 0.325 e. The summed E-state index contributed by atoms with van der Waals surface area (Å²) in [4.78, 5) is 21.8. The van der Waals surface area contributed by atoms with Crippen LogP contribution in [0.15, 0.2) is 52.2 Å². The van der Waals surface area contributed by atoms with E-state index in [0.717, 1.165) is 17.6 Å². The fraction of sp³-hybridized carbons (Fsp3) is 0.333. The lowest BCUT2D eigenvalue weighted by Gasteiger charge is -2.31. The number of aliphatic hydroxyl groups is 1. The van der Waals surface area contributed by atoms with Crippen LogP contribution in [-0.4, -0.2) is 39.1 Å². The monoisotopic (exact) mass is 450 g/mol. The average Bonchev–Trinajstić information content (AvgIpc) is 3.31. The number of nitrogens with one attached hydrogen (secondary N) is 1. The predicted molar refractivity (Wildman–Crippen MR) is 123 cm³/mol. The number of hydrogen-bond donors (Lipinski definition) is 4. The molecule has 0 saturated heterocycles. The molecule has 1 aliphatic carbocycles. The Bertz CT molecular complexity index is 1180. The van der Waals surface area contributed by atoms with E-state index >= 15 is 0 Å². The van der Waals surface area contributed by atoms with E-state index in [4.69, 9.17) is 10.2 Å². The molecule has 0 spiro atoms. The number of benzene rings is 1. The summed E-state index contributed by atoms with van der Waals surface area (Å²) >= 11 is 0. The summed E-state index contributed by atoms with van der Waals surface area (Å²) in [5.41, 5.74) is 8.28. The Balaban J connectivity index is 1.65. The molecule has 5 N–H and O–H groups in total. The molecule has 1 amide bonds. The number of aryl methyl sites for hydroxylation is 1. The van der Waals surface area contributed by atoms with Crippen molar-refractivity contribution in [2.75, 3.05) is 11.1 Å². The predicted octanol–water partition coefficient (Wildman–Crippen LogP) is 3.12. The Morgan fingerprint density at radius 3 is 2.82 bits per heavy atom. The maximum absolute atomic E-state index is 12.9. The molecule has 1 aliphatic rings. The summed E-state index contributed by atoms with van der Waals surface area (Å²) in [6, 6.07) is 8.40. The Morgan fingerprint density at radius 2 is 2.12 bits per heavy atom. The summed E-state index contributed by atoms with van der Waals surface area (Å²) in [7, 11) is 0. The molecule has 9 nitrogen and oxygen atoms in total. The van der Waals surface area contributed by atoms with E-state index in [9.17, 15) is 15.1 Å². The van der Waals surface area contributed by atoms with Gasteiger partial charge in [0, 0.05) is 41.3 Å². The Labute approximate surface area is 191 Å². The Morgan fingerprint density at radius 1 is 1.36 bits per heavy atom. The molecule has 2 heterocycles. The first-order valence-electron chi connectivity index (χ1n) is 10.8. The number of anilines is 2. The van der Waals surface area contributed by atoms with Gasteiger partial charge in [0.1, 0.15) is 6.26 Å². The van der Waals surface area contributed by atoms with Gasteiger partial charge in [-0.2, -0.15) is 0 Å². The third-order valence-electron chi connectivity index (χ3n) is 5.98. The van der Waals surface area contributed by atoms with Crippen LogP contribution in [-0.2, 0) is 0 Å². The molecule has 3 aromatic rings. The summed E-state index contributed by atoms with van der Waals surface area (Å²) in [6.45, 7) is 3.54. The van der Waals surface area contributed by atoms with Crippen molar-refractivity contribution in [1.82, 2.24) is 4.98 Å². The van der Waals surface area contributed by atoms with E-state index in [0.29, 0.717) is 46.9 Å². The van der Waals surface area contributed by atoms with Crippen LogP contribution in [0.25, 0.3) is 11.5 Å². The topological polar surface area (TPSA) is 138 Å². The zero-order valence-electron chi connectivity index (χ0n) is 18.7. The molecule has 1 fully saturated rings. The van der Waals surface area contributed by atoms with Crippen molar-refractivity contribution >= 4 is 23.5 Å². The average molecular weight is 451 g/mol. The minimum Gasteiger partial charge on any atom is -0.444 e. The second kappa shape index (κ2) is 9.03. The lowest BCUT2D eigenvalue weighted by atomic mass is 9.84. The van der Waals surface area contributed by atoms with Gasteiger partial charge in [0.2, 0.25) is 11.6 Å². The molecule has 1 aromatic carbocycles. The number of amides is 1. The standard InChI is InChI=1S/C24H27N5O4/c1-15-4-3-5-21(29(15)32)22(30)28-20-12-16(14-27-17-6-8-24(2,31)9-7-17)19(25)13-18(20)23-26-10-11-33-23/h3-5,10-14,17,25,30-32H,6-9H2,1-2H3/p+1. The molecular formula is C24H28N5O4+. The number of carbonyl (C=O) groups is 1. The number of carbonyl (C=O) groups excluding carboxylic acids is 1. The molecule has 0 aliphatic heterocycles. The van der Waals surface area contributed by atoms with E-state index in [1.54, 1.807) is 37.4 Å². The highest BCUT2D eigenvalue weighted by Gasteiger charge is 2.28. The normalized spacial score (nSPS) is 20.8. The molecule has 4 rings (SSSR count). The highest BCUT2D eigenvalue weighted by molar-refractivity contribution is 6.05. The summed E-state index contributed by atoms with van der Waals surface area (Å²) in [5, 5.41) is 23.2. The van der Waals surface area contributed by atoms with E-state index in [-0.39, 0.29) is 11.7 Å². The van der Waals surface area contributed by atoms with Crippen molar-refractivity contribution in [2.24, 2.45) is 4.99 Å². The highest BCUT2D eigenvalue weighted by Crippen LogP contribution is 2.32. The van der Waals surface area contributed by atoms with Gasteiger partial charge in [-0.15, -0.1) is 0 Å². The molecule has 0 bridgehead atoms. The number of oxazole rings is 1. The number of aromatic nitrogens is 2. The smallest absolute Gasteiger partial charge is 0.325 e. The van der Waals surface area contributed by atoms with E-state index in [2.05, 4.69) is 15.3 Å². The van der Waals surface area contributed by atoms with Gasteiger partial charge in [-0.1, -0.05) is 0 Å². The van der Waals surface area contributed by atoms with Gasteiger partial charge < -0.3 is 20.6 Å². The maximum atomic E-state index is 12.9. The molecule has 0 radical (unpaired) electrons. The number of nitrogens with two attached hydrogens (primary N) is 1. The summed E-state index contributed by atoms with van der Waals surface area (Å²) in [5.74, 6) is -0.202. The molecule has 1 saturated carbocycles. The zero-order valence-corrected chi connectivity index (χ0v) is 18.7. The number of rotatable bonds is 5. The van der Waals surface area contributed by atoms with Crippen LogP contribution in [0.4, 0.5) is 11.4 Å². The summed E-state index contributed by atoms with van der Waals surface area (Å²) in [6.07, 6.45) is 7.64. The second-order valence-electron chi connectivity index (χ2n) is 8.69. The van der Waals surface area contributed by atoms with Crippen molar-refractivity contribution in [1.29, 1.82) is 0 Å². The van der Waals surface area contributed by atoms with Crippen LogP contribution < -0.4 is 15.8 Å². The van der Waals surface area contributed by atoms with E-state index in [1.165, 1.54) is 18.5 Å². The summed E-state index contributed by atoms with van der Waals surface area (Å²) < 4.78 is 6.26. The number of pyridine rings is 1. The first kappa shape index (κ1) is 22.5. The quantitative estimate of drug-likeness (QED) is 0.204. The van der Waals surface area contributed by atoms with Crippen molar-refractivity contribution in [2.45, 2.75) is 51.2 Å². The van der Waals surface area contributed by atoms with Crippen LogP contribution in [0.5, 0.6) is 0 Å². The van der Waals surface area contributed by atoms with E-state index in [1.807, 2.05) is 6.92 Å². The molecule has 33 heavy (non-hydrogen) atoms. The van der Waals surface area contributed by atoms with Crippen LogP contribution in [0.1, 0.15) is 54.4 Å². The van der Waals surface area contributed by atoms with E-state index < -0.39 is 11.5 Å². The van der Waals surface area contributed by atoms with Crippen molar-refractivity contribution in [3.8, 4) is 11.5 Å².